The fourth-order valence-corrected chi connectivity index (χ4v) is 2.61. The van der Waals surface area contributed by atoms with Gasteiger partial charge >= 0.3 is 0 Å². The minimum absolute atomic E-state index is 0.430. The van der Waals surface area contributed by atoms with Crippen molar-refractivity contribution in [2.45, 2.75) is 37.7 Å². The third kappa shape index (κ3) is 2.69. The van der Waals surface area contributed by atoms with Gasteiger partial charge in [0.25, 0.3) is 0 Å². The van der Waals surface area contributed by atoms with Crippen LogP contribution in [0.1, 0.15) is 32.1 Å². The standard InChI is InChI=1S/C11H21NO2/c13-11(4-1-5-12-9-11)8-10-2-6-14-7-3-10/h10,12-13H,1-9H2. The van der Waals surface area contributed by atoms with Crippen LogP contribution in [0, 0.1) is 5.92 Å². The van der Waals surface area contributed by atoms with Gasteiger partial charge in [-0.2, -0.15) is 0 Å². The lowest BCUT2D eigenvalue weighted by molar-refractivity contribution is -0.0264. The summed E-state index contributed by atoms with van der Waals surface area (Å²) in [7, 11) is 0. The number of hydrogen-bond donors (Lipinski definition) is 2. The van der Waals surface area contributed by atoms with Crippen LogP contribution in [-0.2, 0) is 4.74 Å². The van der Waals surface area contributed by atoms with Gasteiger partial charge < -0.3 is 15.2 Å². The summed E-state index contributed by atoms with van der Waals surface area (Å²) in [6.45, 7) is 3.61. The molecule has 2 aliphatic rings. The maximum absolute atomic E-state index is 10.3. The summed E-state index contributed by atoms with van der Waals surface area (Å²) in [5.41, 5.74) is -0.430. The van der Waals surface area contributed by atoms with Crippen LogP contribution in [0.2, 0.25) is 0 Å². The Morgan fingerprint density at radius 2 is 2.14 bits per heavy atom. The summed E-state index contributed by atoms with van der Waals surface area (Å²) >= 11 is 0. The van der Waals surface area contributed by atoms with E-state index >= 15 is 0 Å². The predicted octanol–water partition coefficient (Wildman–Crippen LogP) is 0.918. The average molecular weight is 199 g/mol. The van der Waals surface area contributed by atoms with Crippen molar-refractivity contribution in [3.63, 3.8) is 0 Å². The Labute approximate surface area is 85.8 Å². The van der Waals surface area contributed by atoms with E-state index in [4.69, 9.17) is 4.74 Å². The van der Waals surface area contributed by atoms with Crippen molar-refractivity contribution in [3.05, 3.63) is 0 Å². The maximum Gasteiger partial charge on any atom is 0.0774 e. The maximum atomic E-state index is 10.3. The fourth-order valence-electron chi connectivity index (χ4n) is 2.61. The van der Waals surface area contributed by atoms with E-state index in [2.05, 4.69) is 5.32 Å². The van der Waals surface area contributed by atoms with E-state index in [1.54, 1.807) is 0 Å². The van der Waals surface area contributed by atoms with Gasteiger partial charge in [0.15, 0.2) is 0 Å². The topological polar surface area (TPSA) is 41.5 Å². The minimum atomic E-state index is -0.430. The molecule has 1 unspecified atom stereocenters. The summed E-state index contributed by atoms with van der Waals surface area (Å²) in [5, 5.41) is 13.6. The van der Waals surface area contributed by atoms with E-state index in [9.17, 15) is 5.11 Å². The van der Waals surface area contributed by atoms with E-state index in [0.29, 0.717) is 5.92 Å². The molecule has 0 saturated carbocycles. The van der Waals surface area contributed by atoms with Crippen molar-refractivity contribution in [2.75, 3.05) is 26.3 Å². The lowest BCUT2D eigenvalue weighted by Crippen LogP contribution is -2.47. The first-order valence-electron chi connectivity index (χ1n) is 5.79. The molecule has 0 spiro atoms. The molecule has 2 N–H and O–H groups in total. The van der Waals surface area contributed by atoms with Crippen LogP contribution >= 0.6 is 0 Å². The second-order valence-electron chi connectivity index (χ2n) is 4.76. The second kappa shape index (κ2) is 4.60. The molecule has 0 bridgehead atoms. The zero-order chi connectivity index (χ0) is 9.86. The normalized spacial score (nSPS) is 35.8. The zero-order valence-corrected chi connectivity index (χ0v) is 8.80. The summed E-state index contributed by atoms with van der Waals surface area (Å²) in [4.78, 5) is 0. The average Bonchev–Trinajstić information content (AvgIpc) is 2.19. The van der Waals surface area contributed by atoms with E-state index < -0.39 is 5.60 Å². The molecule has 1 atom stereocenters. The van der Waals surface area contributed by atoms with Crippen molar-refractivity contribution in [2.24, 2.45) is 5.92 Å². The minimum Gasteiger partial charge on any atom is -0.389 e. The highest BCUT2D eigenvalue weighted by molar-refractivity contribution is 4.87. The highest BCUT2D eigenvalue weighted by Gasteiger charge is 2.32. The van der Waals surface area contributed by atoms with Gasteiger partial charge in [-0.3, -0.25) is 0 Å². The van der Waals surface area contributed by atoms with Gasteiger partial charge in [0.2, 0.25) is 0 Å². The molecular formula is C11H21NO2. The first kappa shape index (κ1) is 10.4. The molecule has 0 radical (unpaired) electrons. The molecule has 2 saturated heterocycles. The van der Waals surface area contributed by atoms with Gasteiger partial charge in [0, 0.05) is 19.8 Å². The molecular weight excluding hydrogens is 178 g/mol. The predicted molar refractivity (Wildman–Crippen MR) is 55.2 cm³/mol. The molecule has 2 fully saturated rings. The van der Waals surface area contributed by atoms with Crippen molar-refractivity contribution in [3.8, 4) is 0 Å². The van der Waals surface area contributed by atoms with Crippen molar-refractivity contribution in [1.29, 1.82) is 0 Å². The van der Waals surface area contributed by atoms with E-state index in [0.717, 1.165) is 58.4 Å². The van der Waals surface area contributed by atoms with Gasteiger partial charge in [-0.05, 0) is 44.6 Å². The largest absolute Gasteiger partial charge is 0.389 e. The van der Waals surface area contributed by atoms with Crippen LogP contribution in [0.3, 0.4) is 0 Å². The van der Waals surface area contributed by atoms with Gasteiger partial charge in [0.1, 0.15) is 0 Å². The lowest BCUT2D eigenvalue weighted by atomic mass is 9.82. The third-order valence-electron chi connectivity index (χ3n) is 3.46. The van der Waals surface area contributed by atoms with Crippen LogP contribution in [-0.4, -0.2) is 37.0 Å². The van der Waals surface area contributed by atoms with Gasteiger partial charge in [-0.15, -0.1) is 0 Å². The Kier molecular flexibility index (Phi) is 3.42. The Morgan fingerprint density at radius 3 is 2.79 bits per heavy atom. The third-order valence-corrected chi connectivity index (χ3v) is 3.46. The monoisotopic (exact) mass is 199 g/mol. The Bertz CT molecular complexity index is 172. The first-order chi connectivity index (χ1) is 6.79. The van der Waals surface area contributed by atoms with Gasteiger partial charge in [-0.25, -0.2) is 0 Å². The molecule has 3 nitrogen and oxygen atoms in total. The van der Waals surface area contributed by atoms with Crippen LogP contribution < -0.4 is 5.32 Å². The molecule has 82 valence electrons. The molecule has 0 aliphatic carbocycles. The molecule has 0 amide bonds. The molecule has 14 heavy (non-hydrogen) atoms. The molecule has 3 heteroatoms. The lowest BCUT2D eigenvalue weighted by Gasteiger charge is -2.36. The molecule has 2 rings (SSSR count). The number of rotatable bonds is 2. The summed E-state index contributed by atoms with van der Waals surface area (Å²) in [5.74, 6) is 0.675. The highest BCUT2D eigenvalue weighted by atomic mass is 16.5. The molecule has 0 aromatic heterocycles. The number of hydrogen-bond acceptors (Lipinski definition) is 3. The highest BCUT2D eigenvalue weighted by Crippen LogP contribution is 2.29. The molecule has 0 aromatic carbocycles. The Hall–Kier alpha value is -0.120. The summed E-state index contributed by atoms with van der Waals surface area (Å²) in [6.07, 6.45) is 5.30. The number of ether oxygens (including phenoxy) is 1. The summed E-state index contributed by atoms with van der Waals surface area (Å²) in [6, 6.07) is 0. The first-order valence-corrected chi connectivity index (χ1v) is 5.79. The van der Waals surface area contributed by atoms with Gasteiger partial charge in [-0.1, -0.05) is 0 Å². The second-order valence-corrected chi connectivity index (χ2v) is 4.76. The molecule has 0 aromatic rings. The molecule has 2 aliphatic heterocycles. The quantitative estimate of drug-likeness (QED) is 0.695. The van der Waals surface area contributed by atoms with Crippen molar-refractivity contribution < 1.29 is 9.84 Å². The van der Waals surface area contributed by atoms with Crippen LogP contribution in [0.15, 0.2) is 0 Å². The number of piperidine rings is 1. The van der Waals surface area contributed by atoms with Gasteiger partial charge in [0.05, 0.1) is 5.60 Å². The van der Waals surface area contributed by atoms with Crippen LogP contribution in [0.5, 0.6) is 0 Å². The van der Waals surface area contributed by atoms with Crippen LogP contribution in [0.4, 0.5) is 0 Å². The fraction of sp³-hybridized carbons (Fsp3) is 1.00. The zero-order valence-electron chi connectivity index (χ0n) is 8.80. The Morgan fingerprint density at radius 1 is 1.36 bits per heavy atom. The Balaban J connectivity index is 1.81. The van der Waals surface area contributed by atoms with E-state index in [-0.39, 0.29) is 0 Å². The van der Waals surface area contributed by atoms with E-state index in [1.165, 1.54) is 0 Å². The molecule has 2 heterocycles. The number of aliphatic hydroxyl groups is 1. The van der Waals surface area contributed by atoms with Crippen molar-refractivity contribution in [1.82, 2.24) is 5.32 Å². The number of nitrogens with one attached hydrogen (secondary N) is 1. The van der Waals surface area contributed by atoms with E-state index in [1.807, 2.05) is 0 Å². The number of β-amino-alcohol motifs (C(OH)–C–C–N with tert-alkyl or cyclic N) is 1. The van der Waals surface area contributed by atoms with Crippen LogP contribution in [0.25, 0.3) is 0 Å². The smallest absolute Gasteiger partial charge is 0.0774 e. The van der Waals surface area contributed by atoms with Crippen molar-refractivity contribution >= 4 is 0 Å². The SMILES string of the molecule is OC1(CC2CCOCC2)CCCNC1. The summed E-state index contributed by atoms with van der Waals surface area (Å²) < 4.78 is 5.32.